The number of hydrogen-bond donors (Lipinski definition) is 2. The minimum absolute atomic E-state index is 0.121. The smallest absolute Gasteiger partial charge is 0.221 e. The Morgan fingerprint density at radius 2 is 2.04 bits per heavy atom. The van der Waals surface area contributed by atoms with E-state index in [4.69, 9.17) is 15.5 Å². The minimum Gasteiger partial charge on any atom is -0.504 e. The van der Waals surface area contributed by atoms with Gasteiger partial charge in [0.2, 0.25) is 5.95 Å². The molecule has 0 saturated carbocycles. The van der Waals surface area contributed by atoms with Crippen molar-refractivity contribution in [2.24, 2.45) is 0 Å². The third-order valence-corrected chi connectivity index (χ3v) is 5.72. The first-order valence-electron chi connectivity index (χ1n) is 8.85. The monoisotopic (exact) mass is 391 g/mol. The number of anilines is 2. The first kappa shape index (κ1) is 16.8. The lowest BCUT2D eigenvalue weighted by Crippen LogP contribution is -2.26. The molecule has 0 fully saturated rings. The van der Waals surface area contributed by atoms with Crippen LogP contribution in [0.4, 0.5) is 11.8 Å². The SMILES string of the molecule is Nc1nccc(N2CCOc3c(O)cc(-c4nc5ccccc5s4)cc3C2)n1. The average Bonchev–Trinajstić information content (AvgIpc) is 3.01. The van der Waals surface area contributed by atoms with E-state index in [1.54, 1.807) is 23.6 Å². The maximum atomic E-state index is 10.6. The molecule has 2 aromatic carbocycles. The Kier molecular flexibility index (Phi) is 3.98. The second kappa shape index (κ2) is 6.65. The molecule has 2 aromatic heterocycles. The minimum atomic E-state index is 0.121. The molecule has 0 amide bonds. The Balaban J connectivity index is 1.56. The van der Waals surface area contributed by atoms with Crippen LogP contribution in [0, 0.1) is 0 Å². The first-order chi connectivity index (χ1) is 13.7. The van der Waals surface area contributed by atoms with Crippen LogP contribution in [0.1, 0.15) is 5.56 Å². The van der Waals surface area contributed by atoms with E-state index in [-0.39, 0.29) is 11.7 Å². The van der Waals surface area contributed by atoms with Crippen molar-refractivity contribution >= 4 is 33.3 Å². The van der Waals surface area contributed by atoms with E-state index >= 15 is 0 Å². The summed E-state index contributed by atoms with van der Waals surface area (Å²) in [7, 11) is 0. The third-order valence-electron chi connectivity index (χ3n) is 4.64. The molecule has 0 atom stereocenters. The van der Waals surface area contributed by atoms with Gasteiger partial charge in [-0.25, -0.2) is 9.97 Å². The van der Waals surface area contributed by atoms with Crippen LogP contribution in [0.2, 0.25) is 0 Å². The number of thiazole rings is 1. The van der Waals surface area contributed by atoms with Crippen molar-refractivity contribution in [1.29, 1.82) is 0 Å². The van der Waals surface area contributed by atoms with Gasteiger partial charge in [-0.15, -0.1) is 11.3 Å². The van der Waals surface area contributed by atoms with Crippen LogP contribution < -0.4 is 15.4 Å². The summed E-state index contributed by atoms with van der Waals surface area (Å²) < 4.78 is 6.94. The van der Waals surface area contributed by atoms with Crippen LogP contribution in [0.25, 0.3) is 20.8 Å². The van der Waals surface area contributed by atoms with E-state index in [2.05, 4.69) is 14.9 Å². The largest absolute Gasteiger partial charge is 0.504 e. The van der Waals surface area contributed by atoms with E-state index in [9.17, 15) is 5.11 Å². The molecule has 140 valence electrons. The summed E-state index contributed by atoms with van der Waals surface area (Å²) in [6.07, 6.45) is 1.64. The Hall–Kier alpha value is -3.39. The average molecular weight is 391 g/mol. The van der Waals surface area contributed by atoms with Gasteiger partial charge < -0.3 is 20.5 Å². The van der Waals surface area contributed by atoms with Crippen molar-refractivity contribution in [3.05, 3.63) is 54.2 Å². The Morgan fingerprint density at radius 3 is 2.89 bits per heavy atom. The molecule has 4 aromatic rings. The molecule has 28 heavy (non-hydrogen) atoms. The number of phenolic OH excluding ortho intramolecular Hbond substituents is 1. The second-order valence-corrected chi connectivity index (χ2v) is 7.54. The van der Waals surface area contributed by atoms with Crippen molar-refractivity contribution in [2.75, 3.05) is 23.8 Å². The standard InChI is InChI=1S/C20H17N5O2S/c21-20-22-6-5-17(24-20)25-7-8-27-18-13(11-25)9-12(10-15(18)26)19-23-14-3-1-2-4-16(14)28-19/h1-6,9-10,26H,7-8,11H2,(H2,21,22,24). The number of nitrogens with zero attached hydrogens (tertiary/aromatic N) is 4. The third kappa shape index (κ3) is 2.97. The zero-order valence-electron chi connectivity index (χ0n) is 14.9. The molecule has 0 unspecified atom stereocenters. The number of ether oxygens (including phenoxy) is 1. The lowest BCUT2D eigenvalue weighted by Gasteiger charge is -2.20. The molecule has 0 radical (unpaired) electrons. The van der Waals surface area contributed by atoms with Crippen LogP contribution in [0.3, 0.4) is 0 Å². The van der Waals surface area contributed by atoms with E-state index < -0.39 is 0 Å². The van der Waals surface area contributed by atoms with E-state index in [0.717, 1.165) is 32.2 Å². The predicted octanol–water partition coefficient (Wildman–Crippen LogP) is 3.44. The molecule has 5 rings (SSSR count). The molecular formula is C20H17N5O2S. The molecule has 7 nitrogen and oxygen atoms in total. The van der Waals surface area contributed by atoms with Crippen LogP contribution >= 0.6 is 11.3 Å². The number of aromatic hydroxyl groups is 1. The van der Waals surface area contributed by atoms with Gasteiger partial charge in [0.1, 0.15) is 17.4 Å². The van der Waals surface area contributed by atoms with Crippen LogP contribution in [0.5, 0.6) is 11.5 Å². The fourth-order valence-electron chi connectivity index (χ4n) is 3.35. The van der Waals surface area contributed by atoms with E-state index in [0.29, 0.717) is 25.4 Å². The number of benzene rings is 2. The summed E-state index contributed by atoms with van der Waals surface area (Å²) in [4.78, 5) is 15.0. The Labute approximate surface area is 165 Å². The fourth-order valence-corrected chi connectivity index (χ4v) is 4.31. The zero-order chi connectivity index (χ0) is 19.1. The number of nitrogen functional groups attached to an aromatic ring is 1. The number of rotatable bonds is 2. The van der Waals surface area contributed by atoms with Gasteiger partial charge in [-0.3, -0.25) is 0 Å². The number of nitrogens with two attached hydrogens (primary N) is 1. The molecule has 0 spiro atoms. The summed E-state index contributed by atoms with van der Waals surface area (Å²) >= 11 is 1.60. The topological polar surface area (TPSA) is 97.4 Å². The van der Waals surface area contributed by atoms with E-state index in [1.165, 1.54) is 0 Å². The highest BCUT2D eigenvalue weighted by atomic mass is 32.1. The van der Waals surface area contributed by atoms with Gasteiger partial charge in [-0.2, -0.15) is 4.98 Å². The van der Waals surface area contributed by atoms with Gasteiger partial charge in [0.25, 0.3) is 0 Å². The number of para-hydroxylation sites is 1. The van der Waals surface area contributed by atoms with E-state index in [1.807, 2.05) is 36.4 Å². The maximum absolute atomic E-state index is 10.6. The quantitative estimate of drug-likeness (QED) is 0.540. The van der Waals surface area contributed by atoms with Crippen molar-refractivity contribution in [2.45, 2.75) is 6.54 Å². The van der Waals surface area contributed by atoms with Gasteiger partial charge in [0, 0.05) is 23.9 Å². The number of phenols is 1. The second-order valence-electron chi connectivity index (χ2n) is 6.51. The molecular weight excluding hydrogens is 374 g/mol. The molecule has 0 bridgehead atoms. The number of aromatic nitrogens is 3. The van der Waals surface area contributed by atoms with Crippen molar-refractivity contribution in [3.8, 4) is 22.1 Å². The first-order valence-corrected chi connectivity index (χ1v) is 9.67. The van der Waals surface area contributed by atoms with Crippen LogP contribution in [-0.2, 0) is 6.54 Å². The molecule has 3 heterocycles. The predicted molar refractivity (Wildman–Crippen MR) is 110 cm³/mol. The number of fused-ring (bicyclic) bond motifs is 2. The van der Waals surface area contributed by atoms with Gasteiger partial charge in [0.15, 0.2) is 11.5 Å². The zero-order valence-corrected chi connectivity index (χ0v) is 15.7. The summed E-state index contributed by atoms with van der Waals surface area (Å²) in [5, 5.41) is 11.4. The maximum Gasteiger partial charge on any atom is 0.221 e. The Bertz CT molecular complexity index is 1140. The van der Waals surface area contributed by atoms with Crippen molar-refractivity contribution < 1.29 is 9.84 Å². The van der Waals surface area contributed by atoms with Crippen LogP contribution in [0.15, 0.2) is 48.7 Å². The summed E-state index contributed by atoms with van der Waals surface area (Å²) in [6.45, 7) is 1.60. The summed E-state index contributed by atoms with van der Waals surface area (Å²) in [6, 6.07) is 13.6. The highest BCUT2D eigenvalue weighted by Gasteiger charge is 2.21. The molecule has 8 heteroatoms. The van der Waals surface area contributed by atoms with Crippen molar-refractivity contribution in [1.82, 2.24) is 15.0 Å². The fraction of sp³-hybridized carbons (Fsp3) is 0.150. The normalized spacial score (nSPS) is 13.8. The summed E-state index contributed by atoms with van der Waals surface area (Å²) in [5.41, 5.74) is 8.43. The van der Waals surface area contributed by atoms with Gasteiger partial charge in [-0.1, -0.05) is 12.1 Å². The van der Waals surface area contributed by atoms with Gasteiger partial charge >= 0.3 is 0 Å². The van der Waals surface area contributed by atoms with Crippen LogP contribution in [-0.4, -0.2) is 33.2 Å². The molecule has 0 saturated heterocycles. The highest BCUT2D eigenvalue weighted by molar-refractivity contribution is 7.21. The number of hydrogen-bond acceptors (Lipinski definition) is 8. The van der Waals surface area contributed by atoms with Crippen molar-refractivity contribution in [3.63, 3.8) is 0 Å². The van der Waals surface area contributed by atoms with Gasteiger partial charge in [0.05, 0.1) is 16.8 Å². The lowest BCUT2D eigenvalue weighted by atomic mass is 10.1. The molecule has 1 aliphatic rings. The molecule has 0 aliphatic carbocycles. The van der Waals surface area contributed by atoms with Gasteiger partial charge in [-0.05, 0) is 30.3 Å². The Morgan fingerprint density at radius 1 is 1.14 bits per heavy atom. The summed E-state index contributed by atoms with van der Waals surface area (Å²) in [5.74, 6) is 1.59. The lowest BCUT2D eigenvalue weighted by molar-refractivity contribution is 0.311. The highest BCUT2D eigenvalue weighted by Crippen LogP contribution is 2.40. The molecule has 1 aliphatic heterocycles. The molecule has 3 N–H and O–H groups in total.